The Morgan fingerprint density at radius 1 is 1.35 bits per heavy atom. The van der Waals surface area contributed by atoms with E-state index < -0.39 is 0 Å². The largest absolute Gasteiger partial charge is 0.369 e. The Labute approximate surface area is 120 Å². The van der Waals surface area contributed by atoms with Crippen LogP contribution >= 0.6 is 0 Å². The van der Waals surface area contributed by atoms with Crippen LogP contribution in [0.15, 0.2) is 6.07 Å². The topological polar surface area (TPSA) is 61.4 Å². The van der Waals surface area contributed by atoms with Crippen LogP contribution in [0.4, 0.5) is 5.82 Å². The van der Waals surface area contributed by atoms with Gasteiger partial charge in [-0.1, -0.05) is 0 Å². The van der Waals surface area contributed by atoms with Crippen molar-refractivity contribution in [2.45, 2.75) is 19.8 Å². The standard InChI is InChI=1S/C14H23N5O/c1-11-16-12(14(20)19-7-4-5-8-19)10-13(17-11)15-6-9-18(2)3/h10H,4-9H2,1-3H3,(H,15,16,17). The normalized spacial score (nSPS) is 14.9. The molecule has 6 nitrogen and oxygen atoms in total. The zero-order valence-corrected chi connectivity index (χ0v) is 12.5. The summed E-state index contributed by atoms with van der Waals surface area (Å²) in [5, 5.41) is 3.24. The van der Waals surface area contributed by atoms with Gasteiger partial charge in [-0.25, -0.2) is 9.97 Å². The Bertz CT molecular complexity index is 469. The Morgan fingerprint density at radius 2 is 2.05 bits per heavy atom. The number of likely N-dealkylation sites (tertiary alicyclic amines) is 1. The molecule has 0 aliphatic carbocycles. The van der Waals surface area contributed by atoms with Gasteiger partial charge in [0.2, 0.25) is 0 Å². The Hall–Kier alpha value is -1.69. The lowest BCUT2D eigenvalue weighted by Crippen LogP contribution is -2.29. The summed E-state index contributed by atoms with van der Waals surface area (Å²) < 4.78 is 0. The maximum atomic E-state index is 12.3. The first kappa shape index (κ1) is 14.7. The first-order valence-electron chi connectivity index (χ1n) is 7.10. The second-order valence-corrected chi connectivity index (χ2v) is 5.41. The van der Waals surface area contributed by atoms with Crippen molar-refractivity contribution in [2.24, 2.45) is 0 Å². The van der Waals surface area contributed by atoms with Crippen molar-refractivity contribution >= 4 is 11.7 Å². The molecule has 1 aliphatic heterocycles. The van der Waals surface area contributed by atoms with E-state index in [2.05, 4.69) is 20.2 Å². The van der Waals surface area contributed by atoms with Gasteiger partial charge in [0.05, 0.1) is 0 Å². The van der Waals surface area contributed by atoms with Gasteiger partial charge in [0.15, 0.2) is 0 Å². The predicted octanol–water partition coefficient (Wildman–Crippen LogP) is 0.995. The van der Waals surface area contributed by atoms with Crippen LogP contribution in [0.25, 0.3) is 0 Å². The second kappa shape index (κ2) is 6.65. The molecule has 1 aromatic rings. The number of nitrogens with one attached hydrogen (secondary N) is 1. The van der Waals surface area contributed by atoms with Gasteiger partial charge < -0.3 is 15.1 Å². The smallest absolute Gasteiger partial charge is 0.272 e. The Balaban J connectivity index is 2.05. The van der Waals surface area contributed by atoms with E-state index in [4.69, 9.17) is 0 Å². The summed E-state index contributed by atoms with van der Waals surface area (Å²) in [7, 11) is 4.05. The minimum atomic E-state index is 0.0173. The van der Waals surface area contributed by atoms with Gasteiger partial charge in [-0.3, -0.25) is 4.79 Å². The lowest BCUT2D eigenvalue weighted by molar-refractivity contribution is 0.0786. The SMILES string of the molecule is Cc1nc(NCCN(C)C)cc(C(=O)N2CCCC2)n1. The Kier molecular flexibility index (Phi) is 4.89. The molecule has 20 heavy (non-hydrogen) atoms. The molecule has 0 saturated carbocycles. The molecule has 1 aromatic heterocycles. The predicted molar refractivity (Wildman–Crippen MR) is 79.0 cm³/mol. The molecule has 110 valence electrons. The summed E-state index contributed by atoms with van der Waals surface area (Å²) in [4.78, 5) is 24.9. The third kappa shape index (κ3) is 3.90. The van der Waals surface area contributed by atoms with Gasteiger partial charge in [-0.2, -0.15) is 0 Å². The number of likely N-dealkylation sites (N-methyl/N-ethyl adjacent to an activating group) is 1. The van der Waals surface area contributed by atoms with Crippen molar-refractivity contribution in [3.63, 3.8) is 0 Å². The van der Waals surface area contributed by atoms with Crippen LogP contribution in [0.5, 0.6) is 0 Å². The molecule has 2 heterocycles. The van der Waals surface area contributed by atoms with Gasteiger partial charge in [0.1, 0.15) is 17.3 Å². The Morgan fingerprint density at radius 3 is 2.70 bits per heavy atom. The van der Waals surface area contributed by atoms with Crippen LogP contribution in [0, 0.1) is 6.92 Å². The molecule has 0 bridgehead atoms. The number of hydrogen-bond acceptors (Lipinski definition) is 5. The average Bonchev–Trinajstić information content (AvgIpc) is 2.90. The summed E-state index contributed by atoms with van der Waals surface area (Å²) >= 11 is 0. The minimum absolute atomic E-state index is 0.0173. The molecular formula is C14H23N5O. The van der Waals surface area contributed by atoms with E-state index >= 15 is 0 Å². The number of carbonyl (C=O) groups excluding carboxylic acids is 1. The highest BCUT2D eigenvalue weighted by Crippen LogP contribution is 2.14. The van der Waals surface area contributed by atoms with Crippen molar-refractivity contribution in [1.29, 1.82) is 0 Å². The lowest BCUT2D eigenvalue weighted by atomic mass is 10.3. The van der Waals surface area contributed by atoms with E-state index in [1.54, 1.807) is 6.07 Å². The van der Waals surface area contributed by atoms with E-state index in [0.29, 0.717) is 11.5 Å². The summed E-state index contributed by atoms with van der Waals surface area (Å²) in [5.74, 6) is 1.37. The maximum absolute atomic E-state index is 12.3. The number of aryl methyl sites for hydroxylation is 1. The summed E-state index contributed by atoms with van der Waals surface area (Å²) in [6, 6.07) is 1.75. The van der Waals surface area contributed by atoms with E-state index in [-0.39, 0.29) is 5.91 Å². The fourth-order valence-electron chi connectivity index (χ4n) is 2.26. The van der Waals surface area contributed by atoms with Gasteiger partial charge in [0.25, 0.3) is 5.91 Å². The molecule has 0 unspecified atom stereocenters. The van der Waals surface area contributed by atoms with Crippen molar-refractivity contribution < 1.29 is 4.79 Å². The third-order valence-corrected chi connectivity index (χ3v) is 3.32. The van der Waals surface area contributed by atoms with Crippen LogP contribution in [-0.2, 0) is 0 Å². The van der Waals surface area contributed by atoms with Crippen molar-refractivity contribution in [1.82, 2.24) is 19.8 Å². The molecule has 1 saturated heterocycles. The van der Waals surface area contributed by atoms with Crippen LogP contribution in [0.2, 0.25) is 0 Å². The van der Waals surface area contributed by atoms with Crippen LogP contribution in [0.3, 0.4) is 0 Å². The van der Waals surface area contributed by atoms with Gasteiger partial charge in [-0.15, -0.1) is 0 Å². The zero-order chi connectivity index (χ0) is 14.5. The van der Waals surface area contributed by atoms with Crippen molar-refractivity contribution in [3.05, 3.63) is 17.6 Å². The van der Waals surface area contributed by atoms with Gasteiger partial charge >= 0.3 is 0 Å². The number of aromatic nitrogens is 2. The molecule has 0 aromatic carbocycles. The molecule has 0 radical (unpaired) electrons. The summed E-state index contributed by atoms with van der Waals surface area (Å²) in [6.07, 6.45) is 2.17. The number of rotatable bonds is 5. The quantitative estimate of drug-likeness (QED) is 0.870. The molecule has 1 fully saturated rings. The maximum Gasteiger partial charge on any atom is 0.272 e. The van der Waals surface area contributed by atoms with Crippen LogP contribution in [0.1, 0.15) is 29.2 Å². The zero-order valence-electron chi connectivity index (χ0n) is 12.5. The third-order valence-electron chi connectivity index (χ3n) is 3.32. The van der Waals surface area contributed by atoms with E-state index in [0.717, 1.165) is 44.8 Å². The first-order chi connectivity index (χ1) is 9.56. The number of amides is 1. The second-order valence-electron chi connectivity index (χ2n) is 5.41. The van der Waals surface area contributed by atoms with Gasteiger partial charge in [-0.05, 0) is 33.9 Å². The monoisotopic (exact) mass is 277 g/mol. The fourth-order valence-corrected chi connectivity index (χ4v) is 2.26. The summed E-state index contributed by atoms with van der Waals surface area (Å²) in [6.45, 7) is 5.20. The average molecular weight is 277 g/mol. The molecule has 1 aliphatic rings. The number of nitrogens with zero attached hydrogens (tertiary/aromatic N) is 4. The number of carbonyl (C=O) groups is 1. The molecule has 0 atom stereocenters. The lowest BCUT2D eigenvalue weighted by Gasteiger charge is -2.16. The molecule has 2 rings (SSSR count). The minimum Gasteiger partial charge on any atom is -0.369 e. The van der Waals surface area contributed by atoms with Crippen LogP contribution in [-0.4, -0.2) is 65.9 Å². The highest BCUT2D eigenvalue weighted by molar-refractivity contribution is 5.93. The van der Waals surface area contributed by atoms with Crippen LogP contribution < -0.4 is 5.32 Å². The van der Waals surface area contributed by atoms with E-state index in [1.165, 1.54) is 0 Å². The van der Waals surface area contributed by atoms with Crippen molar-refractivity contribution in [3.8, 4) is 0 Å². The number of anilines is 1. The van der Waals surface area contributed by atoms with E-state index in [9.17, 15) is 4.79 Å². The molecule has 1 N–H and O–H groups in total. The molecule has 6 heteroatoms. The number of hydrogen-bond donors (Lipinski definition) is 1. The van der Waals surface area contributed by atoms with Gasteiger partial charge in [0, 0.05) is 32.2 Å². The molecule has 0 spiro atoms. The molecular weight excluding hydrogens is 254 g/mol. The van der Waals surface area contributed by atoms with E-state index in [1.807, 2.05) is 25.9 Å². The first-order valence-corrected chi connectivity index (χ1v) is 7.10. The highest BCUT2D eigenvalue weighted by atomic mass is 16.2. The molecule has 1 amide bonds. The highest BCUT2D eigenvalue weighted by Gasteiger charge is 2.21. The summed E-state index contributed by atoms with van der Waals surface area (Å²) in [5.41, 5.74) is 0.492. The fraction of sp³-hybridized carbons (Fsp3) is 0.643. The van der Waals surface area contributed by atoms with Crippen molar-refractivity contribution in [2.75, 3.05) is 45.6 Å².